The van der Waals surface area contributed by atoms with Crippen LogP contribution in [-0.4, -0.2) is 9.38 Å². The molecular formula is C15H13ClN2S. The second-order valence-electron chi connectivity index (χ2n) is 5.04. The van der Waals surface area contributed by atoms with E-state index in [1.54, 1.807) is 0 Å². The van der Waals surface area contributed by atoms with E-state index in [9.17, 15) is 0 Å². The van der Waals surface area contributed by atoms with Gasteiger partial charge in [0.1, 0.15) is 4.34 Å². The lowest BCUT2D eigenvalue weighted by Gasteiger charge is -2.15. The Balaban J connectivity index is 1.80. The van der Waals surface area contributed by atoms with Gasteiger partial charge in [-0.2, -0.15) is 0 Å². The van der Waals surface area contributed by atoms with Gasteiger partial charge in [-0.1, -0.05) is 35.1 Å². The first-order valence-corrected chi connectivity index (χ1v) is 7.75. The van der Waals surface area contributed by atoms with E-state index in [-0.39, 0.29) is 0 Å². The van der Waals surface area contributed by atoms with Crippen molar-refractivity contribution in [3.8, 4) is 11.3 Å². The molecule has 0 radical (unpaired) electrons. The van der Waals surface area contributed by atoms with Crippen LogP contribution < -0.4 is 0 Å². The SMILES string of the molecule is Clc1cn2cc(-c3ccc4c(c3)CCCC4)nc2s1. The van der Waals surface area contributed by atoms with E-state index in [4.69, 9.17) is 11.6 Å². The van der Waals surface area contributed by atoms with E-state index >= 15 is 0 Å². The fraction of sp³-hybridized carbons (Fsp3) is 0.267. The molecule has 0 saturated carbocycles. The van der Waals surface area contributed by atoms with Gasteiger partial charge in [0.15, 0.2) is 4.96 Å². The van der Waals surface area contributed by atoms with Crippen molar-refractivity contribution in [2.75, 3.05) is 0 Å². The van der Waals surface area contributed by atoms with Gasteiger partial charge in [-0.05, 0) is 42.9 Å². The zero-order valence-electron chi connectivity index (χ0n) is 10.4. The largest absolute Gasteiger partial charge is 0.296 e. The van der Waals surface area contributed by atoms with Gasteiger partial charge in [0.25, 0.3) is 0 Å². The van der Waals surface area contributed by atoms with Crippen LogP contribution in [0.3, 0.4) is 0 Å². The lowest BCUT2D eigenvalue weighted by Crippen LogP contribution is -2.02. The monoisotopic (exact) mass is 288 g/mol. The van der Waals surface area contributed by atoms with Crippen LogP contribution in [-0.2, 0) is 12.8 Å². The quantitative estimate of drug-likeness (QED) is 0.640. The van der Waals surface area contributed by atoms with Gasteiger partial charge >= 0.3 is 0 Å². The molecule has 1 aromatic carbocycles. The molecule has 2 aromatic heterocycles. The van der Waals surface area contributed by atoms with E-state index in [2.05, 4.69) is 29.4 Å². The smallest absolute Gasteiger partial charge is 0.195 e. The van der Waals surface area contributed by atoms with E-state index in [0.29, 0.717) is 0 Å². The summed E-state index contributed by atoms with van der Waals surface area (Å²) in [5, 5.41) is 0. The maximum absolute atomic E-state index is 5.98. The lowest BCUT2D eigenvalue weighted by molar-refractivity contribution is 0.686. The molecule has 0 bridgehead atoms. The normalized spacial score (nSPS) is 14.8. The first kappa shape index (κ1) is 11.5. The number of halogens is 1. The summed E-state index contributed by atoms with van der Waals surface area (Å²) in [6.07, 6.45) is 9.04. The first-order valence-electron chi connectivity index (χ1n) is 6.56. The Morgan fingerprint density at radius 2 is 1.95 bits per heavy atom. The number of hydrogen-bond acceptors (Lipinski definition) is 2. The summed E-state index contributed by atoms with van der Waals surface area (Å²) >= 11 is 7.49. The Morgan fingerprint density at radius 3 is 2.79 bits per heavy atom. The van der Waals surface area contributed by atoms with Crippen LogP contribution in [0.25, 0.3) is 16.2 Å². The molecule has 3 aromatic rings. The molecule has 4 rings (SSSR count). The van der Waals surface area contributed by atoms with E-state index < -0.39 is 0 Å². The molecule has 2 heterocycles. The number of aromatic nitrogens is 2. The predicted molar refractivity (Wildman–Crippen MR) is 80.2 cm³/mol. The summed E-state index contributed by atoms with van der Waals surface area (Å²) in [5.41, 5.74) is 5.26. The minimum absolute atomic E-state index is 0.777. The van der Waals surface area contributed by atoms with Gasteiger partial charge in [0, 0.05) is 18.0 Å². The minimum Gasteiger partial charge on any atom is -0.296 e. The van der Waals surface area contributed by atoms with Crippen LogP contribution >= 0.6 is 22.9 Å². The molecule has 0 saturated heterocycles. The standard InChI is InChI=1S/C15H13ClN2S/c16-14-9-18-8-13(17-15(18)19-14)12-6-5-10-3-1-2-4-11(10)7-12/h5-9H,1-4H2. The van der Waals surface area contributed by atoms with Crippen molar-refractivity contribution in [1.29, 1.82) is 0 Å². The van der Waals surface area contributed by atoms with Gasteiger partial charge in [-0.25, -0.2) is 4.98 Å². The molecule has 0 aliphatic heterocycles. The molecule has 0 spiro atoms. The molecule has 19 heavy (non-hydrogen) atoms. The van der Waals surface area contributed by atoms with Gasteiger partial charge in [0.05, 0.1) is 5.69 Å². The van der Waals surface area contributed by atoms with Crippen molar-refractivity contribution in [2.45, 2.75) is 25.7 Å². The highest BCUT2D eigenvalue weighted by molar-refractivity contribution is 7.20. The number of benzene rings is 1. The third kappa shape index (κ3) is 1.97. The zero-order chi connectivity index (χ0) is 12.8. The van der Waals surface area contributed by atoms with Crippen molar-refractivity contribution in [2.24, 2.45) is 0 Å². The topological polar surface area (TPSA) is 17.3 Å². The van der Waals surface area contributed by atoms with E-state index in [1.165, 1.54) is 53.7 Å². The van der Waals surface area contributed by atoms with Crippen molar-refractivity contribution in [1.82, 2.24) is 9.38 Å². The van der Waals surface area contributed by atoms with Gasteiger partial charge in [0.2, 0.25) is 0 Å². The van der Waals surface area contributed by atoms with E-state index in [1.807, 2.05) is 10.6 Å². The van der Waals surface area contributed by atoms with Crippen LogP contribution in [0.2, 0.25) is 4.34 Å². The number of thiazole rings is 1. The molecular weight excluding hydrogens is 276 g/mol. The Labute approximate surface area is 120 Å². The average Bonchev–Trinajstić information content (AvgIpc) is 2.95. The van der Waals surface area contributed by atoms with Crippen molar-refractivity contribution in [3.63, 3.8) is 0 Å². The third-order valence-corrected chi connectivity index (χ3v) is 4.89. The Bertz CT molecular complexity index is 725. The maximum Gasteiger partial charge on any atom is 0.195 e. The summed E-state index contributed by atoms with van der Waals surface area (Å²) in [7, 11) is 0. The highest BCUT2D eigenvalue weighted by atomic mass is 35.5. The van der Waals surface area contributed by atoms with Crippen LogP contribution in [0, 0.1) is 0 Å². The van der Waals surface area contributed by atoms with Crippen LogP contribution in [0.1, 0.15) is 24.0 Å². The number of rotatable bonds is 1. The third-order valence-electron chi connectivity index (χ3n) is 3.77. The van der Waals surface area contributed by atoms with Gasteiger partial charge < -0.3 is 0 Å². The summed E-state index contributed by atoms with van der Waals surface area (Å²) in [5.74, 6) is 0. The van der Waals surface area contributed by atoms with Crippen molar-refractivity contribution < 1.29 is 0 Å². The minimum atomic E-state index is 0.777. The average molecular weight is 289 g/mol. The number of hydrogen-bond donors (Lipinski definition) is 0. The number of nitrogens with zero attached hydrogens (tertiary/aromatic N) is 2. The number of fused-ring (bicyclic) bond motifs is 2. The summed E-state index contributed by atoms with van der Waals surface area (Å²) in [4.78, 5) is 5.61. The van der Waals surface area contributed by atoms with Crippen LogP contribution in [0.15, 0.2) is 30.6 Å². The second-order valence-corrected chi connectivity index (χ2v) is 6.68. The Kier molecular flexibility index (Phi) is 2.64. The Hall–Kier alpha value is -1.32. The molecule has 0 N–H and O–H groups in total. The second kappa shape index (κ2) is 4.36. The molecule has 0 fully saturated rings. The Morgan fingerprint density at radius 1 is 1.11 bits per heavy atom. The fourth-order valence-electron chi connectivity index (χ4n) is 2.80. The fourth-order valence-corrected chi connectivity index (χ4v) is 3.81. The molecule has 2 nitrogen and oxygen atoms in total. The first-order chi connectivity index (χ1) is 9.29. The highest BCUT2D eigenvalue weighted by Gasteiger charge is 2.12. The molecule has 96 valence electrons. The summed E-state index contributed by atoms with van der Waals surface area (Å²) in [6, 6.07) is 6.77. The van der Waals surface area contributed by atoms with E-state index in [0.717, 1.165) is 15.0 Å². The van der Waals surface area contributed by atoms with Crippen molar-refractivity contribution >= 4 is 27.9 Å². The van der Waals surface area contributed by atoms with Gasteiger partial charge in [-0.3, -0.25) is 4.40 Å². The number of aryl methyl sites for hydroxylation is 2. The predicted octanol–water partition coefficient (Wildman–Crippen LogP) is 4.60. The molecule has 4 heteroatoms. The molecule has 0 unspecified atom stereocenters. The maximum atomic E-state index is 5.98. The summed E-state index contributed by atoms with van der Waals surface area (Å²) in [6.45, 7) is 0. The zero-order valence-corrected chi connectivity index (χ0v) is 12.0. The van der Waals surface area contributed by atoms with Crippen LogP contribution in [0.5, 0.6) is 0 Å². The van der Waals surface area contributed by atoms with Gasteiger partial charge in [-0.15, -0.1) is 0 Å². The number of imidazole rings is 1. The van der Waals surface area contributed by atoms with Crippen LogP contribution in [0.4, 0.5) is 0 Å². The van der Waals surface area contributed by atoms with Crippen molar-refractivity contribution in [3.05, 3.63) is 46.1 Å². The summed E-state index contributed by atoms with van der Waals surface area (Å²) < 4.78 is 2.78. The molecule has 1 aliphatic carbocycles. The molecule has 0 amide bonds. The highest BCUT2D eigenvalue weighted by Crippen LogP contribution is 2.29. The molecule has 0 atom stereocenters. The lowest BCUT2D eigenvalue weighted by atomic mass is 9.90. The molecule has 1 aliphatic rings.